The molecule has 1 N–H and O–H groups in total. The SMILES string of the molecule is O=c1nc2c3ccccc3nc(-c3ccc(Br)cc3)n2[nH]1. The molecule has 102 valence electrons. The molecule has 0 saturated carbocycles. The number of aromatic nitrogens is 4. The second-order valence-corrected chi connectivity index (χ2v) is 5.56. The van der Waals surface area contributed by atoms with Crippen LogP contribution in [0.1, 0.15) is 0 Å². The van der Waals surface area contributed by atoms with Gasteiger partial charge in [0.1, 0.15) is 0 Å². The topological polar surface area (TPSA) is 63.1 Å². The van der Waals surface area contributed by atoms with Crippen LogP contribution < -0.4 is 5.69 Å². The molecule has 0 radical (unpaired) electrons. The first-order chi connectivity index (χ1) is 10.2. The fraction of sp³-hybridized carbons (Fsp3) is 0. The van der Waals surface area contributed by atoms with E-state index < -0.39 is 0 Å². The molecule has 4 aromatic rings. The van der Waals surface area contributed by atoms with Crippen molar-refractivity contribution in [2.24, 2.45) is 0 Å². The van der Waals surface area contributed by atoms with Crippen LogP contribution in [0.25, 0.3) is 27.9 Å². The summed E-state index contributed by atoms with van der Waals surface area (Å²) in [6.45, 7) is 0. The van der Waals surface area contributed by atoms with Crippen LogP contribution in [0.3, 0.4) is 0 Å². The van der Waals surface area contributed by atoms with Gasteiger partial charge in [-0.1, -0.05) is 40.2 Å². The van der Waals surface area contributed by atoms with Gasteiger partial charge in [-0.05, 0) is 24.3 Å². The van der Waals surface area contributed by atoms with Crippen LogP contribution in [0.4, 0.5) is 0 Å². The molecule has 6 heteroatoms. The summed E-state index contributed by atoms with van der Waals surface area (Å²) in [4.78, 5) is 20.3. The molecule has 2 aromatic carbocycles. The molecule has 0 aliphatic heterocycles. The van der Waals surface area contributed by atoms with Gasteiger partial charge in [-0.2, -0.15) is 4.98 Å². The minimum atomic E-state index is -0.383. The largest absolute Gasteiger partial charge is 0.362 e. The lowest BCUT2D eigenvalue weighted by Gasteiger charge is -2.07. The van der Waals surface area contributed by atoms with Crippen molar-refractivity contribution in [3.05, 3.63) is 63.5 Å². The maximum Gasteiger partial charge on any atom is 0.362 e. The summed E-state index contributed by atoms with van der Waals surface area (Å²) in [5.41, 5.74) is 1.92. The Balaban J connectivity index is 2.15. The molecular formula is C15H9BrN4O. The highest BCUT2D eigenvalue weighted by molar-refractivity contribution is 9.10. The van der Waals surface area contributed by atoms with Crippen molar-refractivity contribution in [1.82, 2.24) is 19.6 Å². The van der Waals surface area contributed by atoms with E-state index >= 15 is 0 Å². The summed E-state index contributed by atoms with van der Waals surface area (Å²) >= 11 is 3.41. The molecule has 0 bridgehead atoms. The van der Waals surface area contributed by atoms with E-state index in [2.05, 4.69) is 31.0 Å². The highest BCUT2D eigenvalue weighted by Gasteiger charge is 2.12. The molecule has 0 aliphatic carbocycles. The number of halogens is 1. The predicted molar refractivity (Wildman–Crippen MR) is 84.2 cm³/mol. The van der Waals surface area contributed by atoms with Crippen LogP contribution in [-0.2, 0) is 0 Å². The Bertz CT molecular complexity index is 1020. The number of nitrogens with zero attached hydrogens (tertiary/aromatic N) is 3. The molecule has 0 unspecified atom stereocenters. The van der Waals surface area contributed by atoms with Gasteiger partial charge in [-0.25, -0.2) is 19.4 Å². The van der Waals surface area contributed by atoms with Crippen molar-refractivity contribution in [3.8, 4) is 11.4 Å². The first-order valence-electron chi connectivity index (χ1n) is 6.36. The second-order valence-electron chi connectivity index (χ2n) is 4.65. The highest BCUT2D eigenvalue weighted by Crippen LogP contribution is 2.24. The zero-order valence-corrected chi connectivity index (χ0v) is 12.3. The molecule has 0 saturated heterocycles. The molecular weight excluding hydrogens is 332 g/mol. The van der Waals surface area contributed by atoms with Crippen LogP contribution in [0.5, 0.6) is 0 Å². The number of fused-ring (bicyclic) bond motifs is 3. The maximum absolute atomic E-state index is 11.6. The fourth-order valence-corrected chi connectivity index (χ4v) is 2.63. The average molecular weight is 341 g/mol. The Morgan fingerprint density at radius 2 is 1.76 bits per heavy atom. The quantitative estimate of drug-likeness (QED) is 0.579. The molecule has 4 rings (SSSR count). The van der Waals surface area contributed by atoms with Crippen molar-refractivity contribution < 1.29 is 0 Å². The molecule has 0 amide bonds. The standard InChI is InChI=1S/C15H9BrN4O/c16-10-7-5-9(6-8-10)13-17-12-4-2-1-3-11(12)14-18-15(21)19-20(13)14/h1-8H,(H,19,21). The number of aromatic amines is 1. The smallest absolute Gasteiger partial charge is 0.244 e. The number of para-hydroxylation sites is 1. The summed E-state index contributed by atoms with van der Waals surface area (Å²) in [6.07, 6.45) is 0. The minimum absolute atomic E-state index is 0.383. The van der Waals surface area contributed by atoms with E-state index in [1.165, 1.54) is 0 Å². The van der Waals surface area contributed by atoms with Gasteiger partial charge < -0.3 is 0 Å². The summed E-state index contributed by atoms with van der Waals surface area (Å²) in [5.74, 6) is 0.658. The number of nitrogens with one attached hydrogen (secondary N) is 1. The van der Waals surface area contributed by atoms with Crippen LogP contribution in [-0.4, -0.2) is 19.6 Å². The molecule has 21 heavy (non-hydrogen) atoms. The third-order valence-corrected chi connectivity index (χ3v) is 3.84. The van der Waals surface area contributed by atoms with Gasteiger partial charge in [0.25, 0.3) is 0 Å². The monoisotopic (exact) mass is 340 g/mol. The fourth-order valence-electron chi connectivity index (χ4n) is 2.37. The number of rotatable bonds is 1. The van der Waals surface area contributed by atoms with E-state index in [4.69, 9.17) is 0 Å². The van der Waals surface area contributed by atoms with Crippen LogP contribution in [0.15, 0.2) is 57.8 Å². The molecule has 5 nitrogen and oxygen atoms in total. The minimum Gasteiger partial charge on any atom is -0.244 e. The predicted octanol–water partition coefficient (Wildman–Crippen LogP) is 3.00. The lowest BCUT2D eigenvalue weighted by atomic mass is 10.2. The van der Waals surface area contributed by atoms with Gasteiger partial charge in [-0.3, -0.25) is 0 Å². The number of hydrogen-bond acceptors (Lipinski definition) is 3. The van der Waals surface area contributed by atoms with E-state index in [0.717, 1.165) is 20.9 Å². The maximum atomic E-state index is 11.6. The van der Waals surface area contributed by atoms with Gasteiger partial charge in [-0.15, -0.1) is 0 Å². The first-order valence-corrected chi connectivity index (χ1v) is 7.15. The third-order valence-electron chi connectivity index (χ3n) is 3.31. The van der Waals surface area contributed by atoms with Crippen LogP contribution >= 0.6 is 15.9 Å². The van der Waals surface area contributed by atoms with E-state index in [-0.39, 0.29) is 5.69 Å². The average Bonchev–Trinajstić information content (AvgIpc) is 2.89. The van der Waals surface area contributed by atoms with Crippen LogP contribution in [0, 0.1) is 0 Å². The van der Waals surface area contributed by atoms with E-state index in [1.54, 1.807) is 4.52 Å². The molecule has 0 fully saturated rings. The van der Waals surface area contributed by atoms with E-state index in [0.29, 0.717) is 11.5 Å². The third kappa shape index (κ3) is 1.95. The molecule has 2 heterocycles. The van der Waals surface area contributed by atoms with Crippen molar-refractivity contribution in [2.45, 2.75) is 0 Å². The van der Waals surface area contributed by atoms with Gasteiger partial charge in [0.15, 0.2) is 11.5 Å². The van der Waals surface area contributed by atoms with Gasteiger partial charge in [0.05, 0.1) is 5.52 Å². The van der Waals surface area contributed by atoms with Crippen molar-refractivity contribution in [3.63, 3.8) is 0 Å². The first kappa shape index (κ1) is 12.3. The van der Waals surface area contributed by atoms with E-state index in [9.17, 15) is 4.79 Å². The summed E-state index contributed by atoms with van der Waals surface area (Å²) in [6, 6.07) is 15.4. The van der Waals surface area contributed by atoms with Crippen molar-refractivity contribution >= 4 is 32.5 Å². The lowest BCUT2D eigenvalue weighted by molar-refractivity contribution is 0.922. The Kier molecular flexibility index (Phi) is 2.65. The zero-order chi connectivity index (χ0) is 14.4. The Hall–Kier alpha value is -2.47. The Morgan fingerprint density at radius 3 is 2.57 bits per heavy atom. The zero-order valence-electron chi connectivity index (χ0n) is 10.7. The molecule has 0 aliphatic rings. The number of benzene rings is 2. The van der Waals surface area contributed by atoms with Crippen molar-refractivity contribution in [2.75, 3.05) is 0 Å². The molecule has 0 spiro atoms. The summed E-state index contributed by atoms with van der Waals surface area (Å²) in [5, 5.41) is 3.55. The van der Waals surface area contributed by atoms with Gasteiger partial charge in [0.2, 0.25) is 0 Å². The van der Waals surface area contributed by atoms with E-state index in [1.807, 2.05) is 48.5 Å². The molecule has 2 aromatic heterocycles. The van der Waals surface area contributed by atoms with Gasteiger partial charge >= 0.3 is 5.69 Å². The summed E-state index contributed by atoms with van der Waals surface area (Å²) in [7, 11) is 0. The number of H-pyrrole nitrogens is 1. The Labute approximate surface area is 127 Å². The Morgan fingerprint density at radius 1 is 1.00 bits per heavy atom. The second kappa shape index (κ2) is 4.53. The summed E-state index contributed by atoms with van der Waals surface area (Å²) < 4.78 is 2.62. The lowest BCUT2D eigenvalue weighted by Crippen LogP contribution is -2.04. The van der Waals surface area contributed by atoms with Crippen LogP contribution in [0.2, 0.25) is 0 Å². The van der Waals surface area contributed by atoms with Gasteiger partial charge in [0, 0.05) is 15.4 Å². The van der Waals surface area contributed by atoms with Crippen molar-refractivity contribution in [1.29, 1.82) is 0 Å². The molecule has 0 atom stereocenters. The normalized spacial score (nSPS) is 11.3. The highest BCUT2D eigenvalue weighted by atomic mass is 79.9. The number of hydrogen-bond donors (Lipinski definition) is 1.